The van der Waals surface area contributed by atoms with Gasteiger partial charge in [0.15, 0.2) is 11.5 Å². The van der Waals surface area contributed by atoms with Crippen LogP contribution >= 0.6 is 0 Å². The molecular weight excluding hydrogens is 232 g/mol. The van der Waals surface area contributed by atoms with Crippen LogP contribution in [0.5, 0.6) is 11.5 Å². The van der Waals surface area contributed by atoms with Crippen LogP contribution < -0.4 is 15.2 Å². The molecule has 2 N–H and O–H groups in total. The topological polar surface area (TPSA) is 64.8 Å². The molecule has 5 nitrogen and oxygen atoms in total. The van der Waals surface area contributed by atoms with E-state index >= 15 is 0 Å². The zero-order chi connectivity index (χ0) is 12.5. The number of carbonyl (C=O) groups excluding carboxylic acids is 1. The van der Waals surface area contributed by atoms with Crippen molar-refractivity contribution in [1.82, 2.24) is 4.90 Å². The molecule has 96 valence electrons. The molecule has 1 amide bonds. The third kappa shape index (κ3) is 2.13. The van der Waals surface area contributed by atoms with Gasteiger partial charge in [-0.2, -0.15) is 0 Å². The third-order valence-corrected chi connectivity index (χ3v) is 3.37. The van der Waals surface area contributed by atoms with Gasteiger partial charge in [-0.1, -0.05) is 6.07 Å². The van der Waals surface area contributed by atoms with Crippen molar-refractivity contribution in [2.45, 2.75) is 18.9 Å². The van der Waals surface area contributed by atoms with Crippen LogP contribution in [0, 0.1) is 0 Å². The monoisotopic (exact) mass is 248 g/mol. The minimum Gasteiger partial charge on any atom is -0.454 e. The number of rotatable bonds is 2. The zero-order valence-electron chi connectivity index (χ0n) is 10.1. The first-order valence-corrected chi connectivity index (χ1v) is 6.14. The van der Waals surface area contributed by atoms with Crippen molar-refractivity contribution in [2.24, 2.45) is 5.73 Å². The Morgan fingerprint density at radius 1 is 1.39 bits per heavy atom. The molecule has 0 radical (unpaired) electrons. The summed E-state index contributed by atoms with van der Waals surface area (Å²) in [5, 5.41) is 0. The summed E-state index contributed by atoms with van der Waals surface area (Å²) in [6, 6.07) is 5.75. The van der Waals surface area contributed by atoms with Crippen molar-refractivity contribution < 1.29 is 14.3 Å². The van der Waals surface area contributed by atoms with Gasteiger partial charge in [0.2, 0.25) is 12.7 Å². The number of amides is 1. The molecule has 3 rings (SSSR count). The first kappa shape index (κ1) is 11.3. The van der Waals surface area contributed by atoms with Crippen LogP contribution in [-0.2, 0) is 11.2 Å². The highest BCUT2D eigenvalue weighted by atomic mass is 16.7. The number of nitrogens with two attached hydrogens (primary N) is 1. The van der Waals surface area contributed by atoms with E-state index in [0.29, 0.717) is 13.0 Å². The molecule has 1 aromatic rings. The highest BCUT2D eigenvalue weighted by Gasteiger charge is 2.24. The fraction of sp³-hybridized carbons (Fsp3) is 0.462. The number of hydrogen-bond donors (Lipinski definition) is 1. The molecule has 0 aromatic heterocycles. The largest absolute Gasteiger partial charge is 0.454 e. The maximum Gasteiger partial charge on any atom is 0.231 e. The average molecular weight is 248 g/mol. The minimum absolute atomic E-state index is 0.127. The van der Waals surface area contributed by atoms with Gasteiger partial charge >= 0.3 is 0 Å². The Bertz CT molecular complexity index is 475. The summed E-state index contributed by atoms with van der Waals surface area (Å²) >= 11 is 0. The summed E-state index contributed by atoms with van der Waals surface area (Å²) in [6.07, 6.45) is 1.29. The van der Waals surface area contributed by atoms with Gasteiger partial charge in [0.25, 0.3) is 0 Å². The van der Waals surface area contributed by atoms with Crippen LogP contribution in [0.3, 0.4) is 0 Å². The van der Waals surface area contributed by atoms with Gasteiger partial charge in [0.1, 0.15) is 0 Å². The predicted molar refractivity (Wildman–Crippen MR) is 65.4 cm³/mol. The van der Waals surface area contributed by atoms with E-state index in [9.17, 15) is 4.79 Å². The lowest BCUT2D eigenvalue weighted by Crippen LogP contribution is -2.32. The zero-order valence-corrected chi connectivity index (χ0v) is 10.1. The van der Waals surface area contributed by atoms with Gasteiger partial charge in [-0.3, -0.25) is 4.79 Å². The molecule has 0 bridgehead atoms. The fourth-order valence-corrected chi connectivity index (χ4v) is 2.35. The van der Waals surface area contributed by atoms with E-state index in [0.717, 1.165) is 30.0 Å². The fourth-order valence-electron chi connectivity index (χ4n) is 2.35. The van der Waals surface area contributed by atoms with Crippen LogP contribution in [0.15, 0.2) is 18.2 Å². The number of carbonyl (C=O) groups is 1. The number of ether oxygens (including phenoxy) is 2. The van der Waals surface area contributed by atoms with Crippen LogP contribution in [0.25, 0.3) is 0 Å². The SMILES string of the molecule is N[C@@H]1CCN(C(=O)Cc2ccc3c(c2)OCO3)C1. The Hall–Kier alpha value is -1.75. The quantitative estimate of drug-likeness (QED) is 0.828. The molecule has 2 aliphatic heterocycles. The lowest BCUT2D eigenvalue weighted by molar-refractivity contribution is -0.129. The highest BCUT2D eigenvalue weighted by Crippen LogP contribution is 2.32. The Balaban J connectivity index is 1.67. The van der Waals surface area contributed by atoms with Crippen molar-refractivity contribution in [2.75, 3.05) is 19.9 Å². The molecule has 1 saturated heterocycles. The molecule has 0 unspecified atom stereocenters. The Kier molecular flexibility index (Phi) is 2.83. The van der Waals surface area contributed by atoms with Crippen molar-refractivity contribution in [3.8, 4) is 11.5 Å². The number of fused-ring (bicyclic) bond motifs is 1. The molecule has 2 heterocycles. The Labute approximate surface area is 105 Å². The molecule has 1 atom stereocenters. The molecule has 2 aliphatic rings. The van der Waals surface area contributed by atoms with E-state index in [-0.39, 0.29) is 18.7 Å². The third-order valence-electron chi connectivity index (χ3n) is 3.37. The summed E-state index contributed by atoms with van der Waals surface area (Å²) in [7, 11) is 0. The van der Waals surface area contributed by atoms with Crippen LogP contribution in [0.4, 0.5) is 0 Å². The standard InChI is InChI=1S/C13H16N2O3/c14-10-3-4-15(7-10)13(16)6-9-1-2-11-12(5-9)18-8-17-11/h1-2,5,10H,3-4,6-8,14H2/t10-/m1/s1. The van der Waals surface area contributed by atoms with E-state index in [4.69, 9.17) is 15.2 Å². The average Bonchev–Trinajstić information content (AvgIpc) is 2.96. The second-order valence-corrected chi connectivity index (χ2v) is 4.75. The summed E-state index contributed by atoms with van der Waals surface area (Å²) in [6.45, 7) is 1.70. The molecule has 5 heteroatoms. The first-order valence-electron chi connectivity index (χ1n) is 6.14. The van der Waals surface area contributed by atoms with Crippen LogP contribution in [-0.4, -0.2) is 36.7 Å². The van der Waals surface area contributed by atoms with Crippen LogP contribution in [0.2, 0.25) is 0 Å². The molecule has 0 aliphatic carbocycles. The van der Waals surface area contributed by atoms with E-state index in [1.54, 1.807) is 0 Å². The lowest BCUT2D eigenvalue weighted by Gasteiger charge is -2.15. The predicted octanol–water partition coefficient (Wildman–Crippen LogP) is 0.517. The van der Waals surface area contributed by atoms with Gasteiger partial charge in [-0.05, 0) is 24.1 Å². The van der Waals surface area contributed by atoms with E-state index in [2.05, 4.69) is 0 Å². The van der Waals surface area contributed by atoms with Gasteiger partial charge in [0, 0.05) is 19.1 Å². The van der Waals surface area contributed by atoms with Gasteiger partial charge in [-0.25, -0.2) is 0 Å². The van der Waals surface area contributed by atoms with Crippen LogP contribution in [0.1, 0.15) is 12.0 Å². The summed E-state index contributed by atoms with van der Waals surface area (Å²) in [5.41, 5.74) is 6.75. The second-order valence-electron chi connectivity index (χ2n) is 4.75. The summed E-state index contributed by atoms with van der Waals surface area (Å²) in [5.74, 6) is 1.59. The first-order chi connectivity index (χ1) is 8.72. The lowest BCUT2D eigenvalue weighted by atomic mass is 10.1. The Morgan fingerprint density at radius 3 is 3.00 bits per heavy atom. The number of benzene rings is 1. The highest BCUT2D eigenvalue weighted by molar-refractivity contribution is 5.79. The van der Waals surface area contributed by atoms with Gasteiger partial charge in [-0.15, -0.1) is 0 Å². The minimum atomic E-state index is 0.127. The van der Waals surface area contributed by atoms with E-state index in [1.165, 1.54) is 0 Å². The second kappa shape index (κ2) is 4.49. The van der Waals surface area contributed by atoms with Gasteiger partial charge in [0.05, 0.1) is 6.42 Å². The molecule has 0 spiro atoms. The summed E-state index contributed by atoms with van der Waals surface area (Å²) < 4.78 is 10.5. The molecule has 1 aromatic carbocycles. The van der Waals surface area contributed by atoms with Crippen molar-refractivity contribution in [3.63, 3.8) is 0 Å². The van der Waals surface area contributed by atoms with E-state index in [1.807, 2.05) is 23.1 Å². The normalized spacial score (nSPS) is 21.4. The van der Waals surface area contributed by atoms with Crippen molar-refractivity contribution >= 4 is 5.91 Å². The summed E-state index contributed by atoms with van der Waals surface area (Å²) in [4.78, 5) is 13.9. The molecule has 1 fully saturated rings. The number of nitrogens with zero attached hydrogens (tertiary/aromatic N) is 1. The number of hydrogen-bond acceptors (Lipinski definition) is 4. The Morgan fingerprint density at radius 2 is 2.22 bits per heavy atom. The molecular formula is C13H16N2O3. The molecule has 18 heavy (non-hydrogen) atoms. The maximum atomic E-state index is 12.1. The van der Waals surface area contributed by atoms with Crippen molar-refractivity contribution in [1.29, 1.82) is 0 Å². The van der Waals surface area contributed by atoms with E-state index < -0.39 is 0 Å². The smallest absolute Gasteiger partial charge is 0.231 e. The number of likely N-dealkylation sites (tertiary alicyclic amines) is 1. The maximum absolute atomic E-state index is 12.1. The molecule has 0 saturated carbocycles. The van der Waals surface area contributed by atoms with Crippen molar-refractivity contribution in [3.05, 3.63) is 23.8 Å². The van der Waals surface area contributed by atoms with Gasteiger partial charge < -0.3 is 20.1 Å².